The lowest BCUT2D eigenvalue weighted by Crippen LogP contribution is -2.07. The molecule has 0 aliphatic heterocycles. The summed E-state index contributed by atoms with van der Waals surface area (Å²) in [6.45, 7) is 5.17. The lowest BCUT2D eigenvalue weighted by atomic mass is 10.2. The minimum atomic E-state index is -4.67. The molecule has 0 saturated carbocycles. The summed E-state index contributed by atoms with van der Waals surface area (Å²) in [5.41, 5.74) is 0.685. The topological polar surface area (TPSA) is 130 Å². The molecule has 2 rings (SSSR count). The number of anilines is 1. The van der Waals surface area contributed by atoms with E-state index in [9.17, 15) is 0 Å². The molecule has 0 amide bonds. The van der Waals surface area contributed by atoms with Crippen LogP contribution >= 0.6 is 22.9 Å². The van der Waals surface area contributed by atoms with Crippen molar-refractivity contribution in [1.82, 2.24) is 20.0 Å². The van der Waals surface area contributed by atoms with E-state index in [2.05, 4.69) is 34.5 Å². The molecule has 0 radical (unpaired) electrons. The Bertz CT molecular complexity index is 705. The summed E-state index contributed by atoms with van der Waals surface area (Å²) in [7, 11) is -2.84. The molecule has 0 bridgehead atoms. The molecule has 0 atom stereocenters. The number of aryl methyl sites for hydroxylation is 1. The van der Waals surface area contributed by atoms with Crippen molar-refractivity contribution in [3.8, 4) is 10.7 Å². The van der Waals surface area contributed by atoms with Crippen LogP contribution in [0.15, 0.2) is 6.20 Å². The van der Waals surface area contributed by atoms with E-state index in [4.69, 9.17) is 29.1 Å². The van der Waals surface area contributed by atoms with Crippen molar-refractivity contribution < 1.29 is 17.5 Å². The molecule has 0 aliphatic carbocycles. The quantitative estimate of drug-likeness (QED) is 0.697. The second-order valence-electron chi connectivity index (χ2n) is 4.63. The number of rotatable bonds is 4. The van der Waals surface area contributed by atoms with E-state index in [1.54, 1.807) is 10.9 Å². The predicted molar refractivity (Wildman–Crippen MR) is 84.6 cm³/mol. The lowest BCUT2D eigenvalue weighted by molar-refractivity contribution is 0.381. The average molecular weight is 370 g/mol. The maximum absolute atomic E-state index is 8.74. The molecule has 12 heteroatoms. The Morgan fingerprint density at radius 1 is 1.41 bits per heavy atom. The first kappa shape index (κ1) is 18.8. The molecule has 2 aromatic heterocycles. The van der Waals surface area contributed by atoms with Crippen LogP contribution in [-0.4, -0.2) is 44.0 Å². The van der Waals surface area contributed by atoms with E-state index in [1.165, 1.54) is 11.3 Å². The normalized spacial score (nSPS) is 11.2. The van der Waals surface area contributed by atoms with Gasteiger partial charge in [-0.1, -0.05) is 36.8 Å². The Balaban J connectivity index is 0.000000422. The van der Waals surface area contributed by atoms with Crippen molar-refractivity contribution in [3.63, 3.8) is 0 Å². The van der Waals surface area contributed by atoms with Crippen LogP contribution in [0.1, 0.15) is 13.8 Å². The van der Waals surface area contributed by atoms with Crippen LogP contribution in [0, 0.1) is 5.92 Å². The third-order valence-corrected chi connectivity index (χ3v) is 3.24. The fourth-order valence-electron chi connectivity index (χ4n) is 1.29. The minimum Gasteiger partial charge on any atom is -0.360 e. The van der Waals surface area contributed by atoms with Gasteiger partial charge in [0.05, 0.1) is 5.02 Å². The van der Waals surface area contributed by atoms with Crippen molar-refractivity contribution in [2.24, 2.45) is 13.0 Å². The molecular weight excluding hydrogens is 354 g/mol. The molecule has 2 heterocycles. The highest BCUT2D eigenvalue weighted by atomic mass is 35.5. The molecule has 124 valence electrons. The summed E-state index contributed by atoms with van der Waals surface area (Å²) < 4.78 is 33.3. The molecule has 22 heavy (non-hydrogen) atoms. The second-order valence-corrected chi connectivity index (χ2v) is 6.91. The van der Waals surface area contributed by atoms with Gasteiger partial charge in [-0.05, 0) is 5.92 Å². The number of halogens is 1. The smallest absolute Gasteiger partial charge is 0.360 e. The summed E-state index contributed by atoms with van der Waals surface area (Å²) in [5, 5.41) is 17.8. The van der Waals surface area contributed by atoms with Gasteiger partial charge in [0.25, 0.3) is 0 Å². The maximum Gasteiger partial charge on any atom is 0.394 e. The fraction of sp³-hybridized carbons (Fsp3) is 0.500. The van der Waals surface area contributed by atoms with Gasteiger partial charge in [0, 0.05) is 19.8 Å². The van der Waals surface area contributed by atoms with Gasteiger partial charge in [-0.2, -0.15) is 13.5 Å². The number of hydrogen-bond donors (Lipinski definition) is 3. The Morgan fingerprint density at radius 3 is 2.45 bits per heavy atom. The van der Waals surface area contributed by atoms with Gasteiger partial charge in [-0.25, -0.2) is 0 Å². The van der Waals surface area contributed by atoms with Crippen LogP contribution in [0.2, 0.25) is 5.02 Å². The molecule has 0 saturated heterocycles. The molecule has 3 N–H and O–H groups in total. The Morgan fingerprint density at radius 2 is 2.00 bits per heavy atom. The Hall–Kier alpha value is -1.27. The highest BCUT2D eigenvalue weighted by molar-refractivity contribution is 7.79. The molecule has 0 unspecified atom stereocenters. The van der Waals surface area contributed by atoms with Crippen LogP contribution in [-0.2, 0) is 17.4 Å². The number of nitrogens with zero attached hydrogens (tertiary/aromatic N) is 4. The number of aromatic nitrogens is 4. The largest absolute Gasteiger partial charge is 0.394 e. The van der Waals surface area contributed by atoms with Gasteiger partial charge in [-0.3, -0.25) is 13.8 Å². The number of nitrogens with one attached hydrogen (secondary N) is 1. The van der Waals surface area contributed by atoms with Crippen molar-refractivity contribution >= 4 is 38.5 Å². The van der Waals surface area contributed by atoms with Gasteiger partial charge < -0.3 is 5.32 Å². The van der Waals surface area contributed by atoms with Crippen molar-refractivity contribution in [3.05, 3.63) is 11.2 Å². The van der Waals surface area contributed by atoms with E-state index in [0.717, 1.165) is 16.7 Å². The van der Waals surface area contributed by atoms with Gasteiger partial charge in [0.2, 0.25) is 5.13 Å². The van der Waals surface area contributed by atoms with Crippen LogP contribution < -0.4 is 5.32 Å². The Labute approximate surface area is 136 Å². The van der Waals surface area contributed by atoms with Crippen molar-refractivity contribution in [2.45, 2.75) is 13.8 Å². The first-order chi connectivity index (χ1) is 10.1. The van der Waals surface area contributed by atoms with Gasteiger partial charge in [0.1, 0.15) is 5.69 Å². The summed E-state index contributed by atoms with van der Waals surface area (Å²) in [4.78, 5) is 0. The highest BCUT2D eigenvalue weighted by Gasteiger charge is 2.13. The lowest BCUT2D eigenvalue weighted by Gasteiger charge is -2.03. The molecule has 9 nitrogen and oxygen atoms in total. The van der Waals surface area contributed by atoms with Gasteiger partial charge >= 0.3 is 10.4 Å². The summed E-state index contributed by atoms with van der Waals surface area (Å²) in [5.74, 6) is 0.570. The van der Waals surface area contributed by atoms with Crippen molar-refractivity contribution in [1.29, 1.82) is 0 Å². The van der Waals surface area contributed by atoms with Gasteiger partial charge in [0.15, 0.2) is 5.01 Å². The van der Waals surface area contributed by atoms with E-state index < -0.39 is 10.4 Å². The van der Waals surface area contributed by atoms with Crippen molar-refractivity contribution in [2.75, 3.05) is 11.9 Å². The predicted octanol–water partition coefficient (Wildman–Crippen LogP) is 2.01. The minimum absolute atomic E-state index is 0.570. The first-order valence-corrected chi connectivity index (χ1v) is 8.62. The molecule has 0 aromatic carbocycles. The van der Waals surface area contributed by atoms with Crippen LogP contribution in [0.25, 0.3) is 10.7 Å². The summed E-state index contributed by atoms with van der Waals surface area (Å²) in [6, 6.07) is 0. The average Bonchev–Trinajstić information content (AvgIpc) is 2.90. The highest BCUT2D eigenvalue weighted by Crippen LogP contribution is 2.30. The fourth-order valence-corrected chi connectivity index (χ4v) is 2.36. The molecule has 0 spiro atoms. The SMILES string of the molecule is CC(C)CNc1nnc(-c2nn(C)cc2Cl)s1.O=S(=O)(O)O. The van der Waals surface area contributed by atoms with E-state index in [1.807, 2.05) is 7.05 Å². The second kappa shape index (κ2) is 7.83. The molecular formula is C10H16ClN5O4S2. The molecule has 0 fully saturated rings. The van der Waals surface area contributed by atoms with E-state index >= 15 is 0 Å². The zero-order chi connectivity index (χ0) is 16.9. The third-order valence-electron chi connectivity index (χ3n) is 2.07. The molecule has 2 aromatic rings. The van der Waals surface area contributed by atoms with Crippen LogP contribution in [0.3, 0.4) is 0 Å². The van der Waals surface area contributed by atoms with Crippen LogP contribution in [0.5, 0.6) is 0 Å². The first-order valence-electron chi connectivity index (χ1n) is 6.03. The Kier molecular flexibility index (Phi) is 6.68. The van der Waals surface area contributed by atoms with E-state index in [-0.39, 0.29) is 0 Å². The van der Waals surface area contributed by atoms with Crippen LogP contribution in [0.4, 0.5) is 5.13 Å². The zero-order valence-corrected chi connectivity index (χ0v) is 14.4. The third kappa shape index (κ3) is 7.13. The number of hydrogen-bond acceptors (Lipinski definition) is 7. The standard InChI is InChI=1S/C10H14ClN5S.H2O4S/c1-6(2)4-12-10-14-13-9(17-10)8-7(11)5-16(3)15-8;1-5(2,3)4/h5-6H,4H2,1-3H3,(H,12,14);(H2,1,2,3,4). The summed E-state index contributed by atoms with van der Waals surface area (Å²) >= 11 is 7.51. The summed E-state index contributed by atoms with van der Waals surface area (Å²) in [6.07, 6.45) is 1.75. The molecule has 0 aliphatic rings. The zero-order valence-electron chi connectivity index (χ0n) is 12.1. The van der Waals surface area contributed by atoms with E-state index in [0.29, 0.717) is 16.6 Å². The monoisotopic (exact) mass is 369 g/mol. The van der Waals surface area contributed by atoms with Gasteiger partial charge in [-0.15, -0.1) is 10.2 Å². The maximum atomic E-state index is 8.74.